The number of benzene rings is 1. The second-order valence-electron chi connectivity index (χ2n) is 3.71. The third-order valence-corrected chi connectivity index (χ3v) is 2.49. The van der Waals surface area contributed by atoms with Crippen LogP contribution in [0, 0.1) is 0 Å². The maximum absolute atomic E-state index is 10.1. The summed E-state index contributed by atoms with van der Waals surface area (Å²) in [7, 11) is 1.62. The highest BCUT2D eigenvalue weighted by Gasteiger charge is 2.15. The summed E-state index contributed by atoms with van der Waals surface area (Å²) in [5.41, 5.74) is 0.850. The molecule has 2 atom stereocenters. The lowest BCUT2D eigenvalue weighted by atomic mass is 10.0. The van der Waals surface area contributed by atoms with Crippen LogP contribution in [-0.2, 0) is 0 Å². The molecule has 0 aliphatic carbocycles. The standard InChI is InChI=1S/C13H19NO2/c1-4-8-14-10(2)13(15)11-6-5-7-12(9-11)16-3/h4-7,9-10,13-15H,1,8H2,2-3H3. The van der Waals surface area contributed by atoms with Gasteiger partial charge in [0.05, 0.1) is 13.2 Å². The van der Waals surface area contributed by atoms with Crippen LogP contribution < -0.4 is 10.1 Å². The predicted molar refractivity (Wildman–Crippen MR) is 65.6 cm³/mol. The predicted octanol–water partition coefficient (Wildman–Crippen LogP) is 1.89. The number of aliphatic hydroxyl groups excluding tert-OH is 1. The van der Waals surface area contributed by atoms with Crippen molar-refractivity contribution in [3.8, 4) is 5.75 Å². The summed E-state index contributed by atoms with van der Waals surface area (Å²) >= 11 is 0. The van der Waals surface area contributed by atoms with Crippen molar-refractivity contribution < 1.29 is 9.84 Å². The Labute approximate surface area is 96.8 Å². The molecular weight excluding hydrogens is 202 g/mol. The highest BCUT2D eigenvalue weighted by Crippen LogP contribution is 2.21. The molecular formula is C13H19NO2. The van der Waals surface area contributed by atoms with Crippen LogP contribution in [0.1, 0.15) is 18.6 Å². The topological polar surface area (TPSA) is 41.5 Å². The Kier molecular flexibility index (Phi) is 5.02. The van der Waals surface area contributed by atoms with Gasteiger partial charge in [-0.3, -0.25) is 0 Å². The van der Waals surface area contributed by atoms with Gasteiger partial charge in [0, 0.05) is 12.6 Å². The van der Waals surface area contributed by atoms with Crippen LogP contribution >= 0.6 is 0 Å². The lowest BCUT2D eigenvalue weighted by molar-refractivity contribution is 0.138. The van der Waals surface area contributed by atoms with Crippen molar-refractivity contribution in [1.29, 1.82) is 0 Å². The van der Waals surface area contributed by atoms with Crippen LogP contribution in [0.5, 0.6) is 5.75 Å². The van der Waals surface area contributed by atoms with Crippen LogP contribution in [0.2, 0.25) is 0 Å². The summed E-state index contributed by atoms with van der Waals surface area (Å²) < 4.78 is 5.12. The Hall–Kier alpha value is -1.32. The molecule has 0 saturated heterocycles. The second-order valence-corrected chi connectivity index (χ2v) is 3.71. The maximum atomic E-state index is 10.1. The van der Waals surface area contributed by atoms with E-state index in [1.165, 1.54) is 0 Å². The molecule has 1 rings (SSSR count). The van der Waals surface area contributed by atoms with E-state index in [1.807, 2.05) is 31.2 Å². The van der Waals surface area contributed by atoms with E-state index in [0.29, 0.717) is 6.54 Å². The number of hydrogen-bond donors (Lipinski definition) is 2. The van der Waals surface area contributed by atoms with Gasteiger partial charge in [-0.15, -0.1) is 6.58 Å². The molecule has 0 aliphatic heterocycles. The fourth-order valence-electron chi connectivity index (χ4n) is 1.50. The average Bonchev–Trinajstić information content (AvgIpc) is 2.35. The van der Waals surface area contributed by atoms with Gasteiger partial charge in [-0.25, -0.2) is 0 Å². The van der Waals surface area contributed by atoms with Gasteiger partial charge in [-0.1, -0.05) is 18.2 Å². The Balaban J connectivity index is 2.70. The number of aliphatic hydroxyl groups is 1. The zero-order valence-corrected chi connectivity index (χ0v) is 9.81. The Bertz CT molecular complexity index is 338. The van der Waals surface area contributed by atoms with Gasteiger partial charge in [-0.05, 0) is 24.6 Å². The molecule has 1 aromatic rings. The summed E-state index contributed by atoms with van der Waals surface area (Å²) in [5.74, 6) is 0.757. The molecule has 0 amide bonds. The van der Waals surface area contributed by atoms with E-state index in [9.17, 15) is 5.11 Å². The van der Waals surface area contributed by atoms with E-state index < -0.39 is 6.10 Å². The molecule has 16 heavy (non-hydrogen) atoms. The van der Waals surface area contributed by atoms with Gasteiger partial charge in [0.2, 0.25) is 0 Å². The first kappa shape index (κ1) is 12.7. The van der Waals surface area contributed by atoms with Crippen molar-refractivity contribution in [2.75, 3.05) is 13.7 Å². The average molecular weight is 221 g/mol. The van der Waals surface area contributed by atoms with Gasteiger partial charge in [-0.2, -0.15) is 0 Å². The third kappa shape index (κ3) is 3.36. The van der Waals surface area contributed by atoms with E-state index in [1.54, 1.807) is 13.2 Å². The van der Waals surface area contributed by atoms with Crippen molar-refractivity contribution in [3.63, 3.8) is 0 Å². The van der Waals surface area contributed by atoms with Crippen LogP contribution in [0.15, 0.2) is 36.9 Å². The van der Waals surface area contributed by atoms with E-state index in [-0.39, 0.29) is 6.04 Å². The normalized spacial score (nSPS) is 14.2. The van der Waals surface area contributed by atoms with E-state index in [2.05, 4.69) is 11.9 Å². The highest BCUT2D eigenvalue weighted by molar-refractivity contribution is 5.30. The van der Waals surface area contributed by atoms with E-state index in [4.69, 9.17) is 4.74 Å². The van der Waals surface area contributed by atoms with Gasteiger partial charge in [0.25, 0.3) is 0 Å². The molecule has 3 heteroatoms. The van der Waals surface area contributed by atoms with Gasteiger partial charge < -0.3 is 15.2 Å². The minimum atomic E-state index is -0.546. The van der Waals surface area contributed by atoms with E-state index in [0.717, 1.165) is 11.3 Å². The molecule has 0 aromatic heterocycles. The molecule has 0 fully saturated rings. The first-order chi connectivity index (χ1) is 7.69. The van der Waals surface area contributed by atoms with Gasteiger partial charge >= 0.3 is 0 Å². The molecule has 0 aliphatic rings. The number of methoxy groups -OCH3 is 1. The fourth-order valence-corrected chi connectivity index (χ4v) is 1.50. The molecule has 0 radical (unpaired) electrons. The van der Waals surface area contributed by atoms with Crippen LogP contribution in [0.4, 0.5) is 0 Å². The van der Waals surface area contributed by atoms with Crippen LogP contribution in [0.3, 0.4) is 0 Å². The van der Waals surface area contributed by atoms with Crippen molar-refractivity contribution in [3.05, 3.63) is 42.5 Å². The van der Waals surface area contributed by atoms with Crippen LogP contribution in [0.25, 0.3) is 0 Å². The third-order valence-electron chi connectivity index (χ3n) is 2.49. The SMILES string of the molecule is C=CCNC(C)C(O)c1cccc(OC)c1. The zero-order chi connectivity index (χ0) is 12.0. The highest BCUT2D eigenvalue weighted by atomic mass is 16.5. The Morgan fingerprint density at radius 2 is 2.31 bits per heavy atom. The molecule has 0 spiro atoms. The summed E-state index contributed by atoms with van der Waals surface area (Å²) in [6, 6.07) is 7.44. The van der Waals surface area contributed by atoms with Crippen molar-refractivity contribution in [2.24, 2.45) is 0 Å². The zero-order valence-electron chi connectivity index (χ0n) is 9.81. The molecule has 3 nitrogen and oxygen atoms in total. The van der Waals surface area contributed by atoms with E-state index >= 15 is 0 Å². The Morgan fingerprint density at radius 1 is 1.56 bits per heavy atom. The van der Waals surface area contributed by atoms with Crippen molar-refractivity contribution in [2.45, 2.75) is 19.1 Å². The number of nitrogens with one attached hydrogen (secondary N) is 1. The van der Waals surface area contributed by atoms with Crippen molar-refractivity contribution >= 4 is 0 Å². The quantitative estimate of drug-likeness (QED) is 0.721. The minimum absolute atomic E-state index is 0.0230. The fraction of sp³-hybridized carbons (Fsp3) is 0.385. The number of rotatable bonds is 6. The molecule has 0 bridgehead atoms. The summed E-state index contributed by atoms with van der Waals surface area (Å²) in [5, 5.41) is 13.2. The molecule has 2 N–H and O–H groups in total. The maximum Gasteiger partial charge on any atom is 0.119 e. The minimum Gasteiger partial charge on any atom is -0.497 e. The molecule has 1 aromatic carbocycles. The summed E-state index contributed by atoms with van der Waals surface area (Å²) in [6.07, 6.45) is 1.23. The number of hydrogen-bond acceptors (Lipinski definition) is 3. The summed E-state index contributed by atoms with van der Waals surface area (Å²) in [6.45, 7) is 6.25. The lowest BCUT2D eigenvalue weighted by Gasteiger charge is -2.20. The van der Waals surface area contributed by atoms with Crippen LogP contribution in [-0.4, -0.2) is 24.8 Å². The molecule has 2 unspecified atom stereocenters. The Morgan fingerprint density at radius 3 is 2.94 bits per heavy atom. The summed E-state index contributed by atoms with van der Waals surface area (Å²) in [4.78, 5) is 0. The van der Waals surface area contributed by atoms with Crippen molar-refractivity contribution in [1.82, 2.24) is 5.32 Å². The first-order valence-electron chi connectivity index (χ1n) is 5.35. The molecule has 0 saturated carbocycles. The lowest BCUT2D eigenvalue weighted by Crippen LogP contribution is -2.32. The second kappa shape index (κ2) is 6.30. The monoisotopic (exact) mass is 221 g/mol. The number of ether oxygens (including phenoxy) is 1. The van der Waals surface area contributed by atoms with Gasteiger partial charge in [0.1, 0.15) is 5.75 Å². The largest absolute Gasteiger partial charge is 0.497 e. The first-order valence-corrected chi connectivity index (χ1v) is 5.35. The molecule has 0 heterocycles. The molecule has 88 valence electrons. The smallest absolute Gasteiger partial charge is 0.119 e. The van der Waals surface area contributed by atoms with Gasteiger partial charge in [0.15, 0.2) is 0 Å².